The molecule has 0 radical (unpaired) electrons. The number of benzene rings is 1. The number of nitrogens with zero attached hydrogens (tertiary/aromatic N) is 4. The average molecular weight is 374 g/mol. The summed E-state index contributed by atoms with van der Waals surface area (Å²) in [4.78, 5) is 20.2. The van der Waals surface area contributed by atoms with Crippen LogP contribution in [0, 0.1) is 0 Å². The standard InChI is InChI=1S/C17H16ClN5O3/c1-23-9-20-16(22-23)11-6-10(18)7-14(15(11)25-2)21-13-4-5-19-8-12(13)17(24)26-3/h4-9H,1-3H3,(H,19,21). The van der Waals surface area contributed by atoms with Gasteiger partial charge in [-0.1, -0.05) is 11.6 Å². The third kappa shape index (κ3) is 3.45. The number of ether oxygens (including phenoxy) is 2. The quantitative estimate of drug-likeness (QED) is 0.687. The van der Waals surface area contributed by atoms with Crippen molar-refractivity contribution in [1.29, 1.82) is 0 Å². The first-order chi connectivity index (χ1) is 12.5. The largest absolute Gasteiger partial charge is 0.494 e. The number of carbonyl (C=O) groups is 1. The number of carbonyl (C=O) groups excluding carboxylic acids is 1. The van der Waals surface area contributed by atoms with Crippen molar-refractivity contribution in [2.45, 2.75) is 0 Å². The van der Waals surface area contributed by atoms with E-state index in [-0.39, 0.29) is 5.56 Å². The molecule has 3 rings (SSSR count). The van der Waals surface area contributed by atoms with Gasteiger partial charge < -0.3 is 14.8 Å². The Hall–Kier alpha value is -3.13. The Balaban J connectivity index is 2.09. The first kappa shape index (κ1) is 17.7. The summed E-state index contributed by atoms with van der Waals surface area (Å²) in [5.41, 5.74) is 1.97. The van der Waals surface area contributed by atoms with Crippen molar-refractivity contribution < 1.29 is 14.3 Å². The zero-order valence-corrected chi connectivity index (χ0v) is 15.1. The molecule has 0 amide bonds. The molecule has 8 nitrogen and oxygen atoms in total. The number of esters is 1. The highest BCUT2D eigenvalue weighted by Gasteiger charge is 2.18. The van der Waals surface area contributed by atoms with E-state index in [0.717, 1.165) is 0 Å². The highest BCUT2D eigenvalue weighted by molar-refractivity contribution is 6.31. The van der Waals surface area contributed by atoms with Crippen molar-refractivity contribution in [3.8, 4) is 17.1 Å². The van der Waals surface area contributed by atoms with Gasteiger partial charge >= 0.3 is 5.97 Å². The first-order valence-corrected chi connectivity index (χ1v) is 7.94. The molecule has 3 aromatic rings. The molecule has 0 unspecified atom stereocenters. The highest BCUT2D eigenvalue weighted by Crippen LogP contribution is 2.39. The molecular formula is C17H16ClN5O3. The van der Waals surface area contributed by atoms with Gasteiger partial charge in [0.1, 0.15) is 11.9 Å². The lowest BCUT2D eigenvalue weighted by Crippen LogP contribution is -2.07. The highest BCUT2D eigenvalue weighted by atomic mass is 35.5. The SMILES string of the molecule is COC(=O)c1cnccc1Nc1cc(Cl)cc(-c2ncn(C)n2)c1OC. The summed E-state index contributed by atoms with van der Waals surface area (Å²) in [5, 5.41) is 7.91. The summed E-state index contributed by atoms with van der Waals surface area (Å²) in [6, 6.07) is 5.06. The fourth-order valence-corrected chi connectivity index (χ4v) is 2.67. The number of hydrogen-bond acceptors (Lipinski definition) is 7. The zero-order valence-electron chi connectivity index (χ0n) is 14.4. The Morgan fingerprint density at radius 2 is 2.08 bits per heavy atom. The Morgan fingerprint density at radius 1 is 1.27 bits per heavy atom. The van der Waals surface area contributed by atoms with Crippen LogP contribution in [0.2, 0.25) is 5.02 Å². The van der Waals surface area contributed by atoms with E-state index < -0.39 is 5.97 Å². The second-order valence-electron chi connectivity index (χ2n) is 5.31. The number of halogens is 1. The Morgan fingerprint density at radius 3 is 2.73 bits per heavy atom. The van der Waals surface area contributed by atoms with Crippen LogP contribution in [0.15, 0.2) is 36.9 Å². The molecule has 1 N–H and O–H groups in total. The van der Waals surface area contributed by atoms with E-state index in [0.29, 0.717) is 33.5 Å². The second-order valence-corrected chi connectivity index (χ2v) is 5.75. The van der Waals surface area contributed by atoms with Crippen LogP contribution >= 0.6 is 11.6 Å². The summed E-state index contributed by atoms with van der Waals surface area (Å²) in [5.74, 6) is 0.458. The normalized spacial score (nSPS) is 10.5. The first-order valence-electron chi connectivity index (χ1n) is 7.56. The number of hydrogen-bond donors (Lipinski definition) is 1. The lowest BCUT2D eigenvalue weighted by atomic mass is 10.1. The maximum Gasteiger partial charge on any atom is 0.341 e. The molecule has 0 fully saturated rings. The van der Waals surface area contributed by atoms with E-state index in [1.54, 1.807) is 42.5 Å². The van der Waals surface area contributed by atoms with Crippen LogP contribution in [0.1, 0.15) is 10.4 Å². The van der Waals surface area contributed by atoms with Gasteiger partial charge in [0.25, 0.3) is 0 Å². The Labute approximate surface area is 154 Å². The topological polar surface area (TPSA) is 91.2 Å². The summed E-state index contributed by atoms with van der Waals surface area (Å²) in [6.07, 6.45) is 4.57. The lowest BCUT2D eigenvalue weighted by Gasteiger charge is -2.16. The number of anilines is 2. The molecule has 2 heterocycles. The Bertz CT molecular complexity index is 957. The fraction of sp³-hybridized carbons (Fsp3) is 0.176. The van der Waals surface area contributed by atoms with Crippen LogP contribution in [0.4, 0.5) is 11.4 Å². The molecular weight excluding hydrogens is 358 g/mol. The third-order valence-electron chi connectivity index (χ3n) is 3.59. The van der Waals surface area contributed by atoms with Crippen LogP contribution in [0.5, 0.6) is 5.75 Å². The molecule has 0 saturated carbocycles. The van der Waals surface area contributed by atoms with Crippen molar-refractivity contribution in [2.75, 3.05) is 19.5 Å². The van der Waals surface area contributed by atoms with Gasteiger partial charge in [-0.3, -0.25) is 9.67 Å². The maximum atomic E-state index is 12.0. The number of aryl methyl sites for hydroxylation is 1. The van der Waals surface area contributed by atoms with E-state index in [1.807, 2.05) is 0 Å². The molecule has 26 heavy (non-hydrogen) atoms. The van der Waals surface area contributed by atoms with Crippen LogP contribution < -0.4 is 10.1 Å². The van der Waals surface area contributed by atoms with Crippen LogP contribution in [-0.4, -0.2) is 39.9 Å². The van der Waals surface area contributed by atoms with E-state index >= 15 is 0 Å². The minimum atomic E-state index is -0.506. The maximum absolute atomic E-state index is 12.0. The number of rotatable bonds is 5. The molecule has 0 atom stereocenters. The van der Waals surface area contributed by atoms with Crippen LogP contribution in [0.3, 0.4) is 0 Å². The van der Waals surface area contributed by atoms with Crippen molar-refractivity contribution in [1.82, 2.24) is 19.7 Å². The predicted molar refractivity (Wildman–Crippen MR) is 96.9 cm³/mol. The summed E-state index contributed by atoms with van der Waals surface area (Å²) < 4.78 is 11.9. The molecule has 0 bridgehead atoms. The van der Waals surface area contributed by atoms with Gasteiger partial charge in [0.05, 0.1) is 31.2 Å². The van der Waals surface area contributed by atoms with E-state index in [9.17, 15) is 4.79 Å². The molecule has 134 valence electrons. The van der Waals surface area contributed by atoms with E-state index in [1.165, 1.54) is 20.4 Å². The van der Waals surface area contributed by atoms with Crippen molar-refractivity contribution in [2.24, 2.45) is 7.05 Å². The third-order valence-corrected chi connectivity index (χ3v) is 3.81. The number of aromatic nitrogens is 4. The predicted octanol–water partition coefficient (Wildman–Crippen LogP) is 3.07. The van der Waals surface area contributed by atoms with Crippen LogP contribution in [0.25, 0.3) is 11.4 Å². The number of pyridine rings is 1. The molecule has 2 aromatic heterocycles. The van der Waals surface area contributed by atoms with Gasteiger partial charge in [-0.05, 0) is 18.2 Å². The van der Waals surface area contributed by atoms with Crippen molar-refractivity contribution in [3.05, 3.63) is 47.5 Å². The number of nitrogens with one attached hydrogen (secondary N) is 1. The van der Waals surface area contributed by atoms with Crippen molar-refractivity contribution >= 4 is 28.9 Å². The fourth-order valence-electron chi connectivity index (χ4n) is 2.46. The van der Waals surface area contributed by atoms with Crippen LogP contribution in [-0.2, 0) is 11.8 Å². The van der Waals surface area contributed by atoms with Gasteiger partial charge in [0.15, 0.2) is 11.6 Å². The van der Waals surface area contributed by atoms with Gasteiger partial charge in [-0.25, -0.2) is 9.78 Å². The molecule has 0 saturated heterocycles. The summed E-state index contributed by atoms with van der Waals surface area (Å²) >= 11 is 6.27. The van der Waals surface area contributed by atoms with Gasteiger partial charge in [0.2, 0.25) is 0 Å². The van der Waals surface area contributed by atoms with E-state index in [2.05, 4.69) is 20.4 Å². The van der Waals surface area contributed by atoms with E-state index in [4.69, 9.17) is 21.1 Å². The molecule has 0 aliphatic heterocycles. The summed E-state index contributed by atoms with van der Waals surface area (Å²) in [6.45, 7) is 0. The molecule has 0 spiro atoms. The van der Waals surface area contributed by atoms with Crippen molar-refractivity contribution in [3.63, 3.8) is 0 Å². The molecule has 0 aliphatic carbocycles. The minimum absolute atomic E-state index is 0.287. The lowest BCUT2D eigenvalue weighted by molar-refractivity contribution is 0.0601. The molecule has 1 aromatic carbocycles. The summed E-state index contributed by atoms with van der Waals surface area (Å²) in [7, 11) is 4.62. The smallest absolute Gasteiger partial charge is 0.341 e. The second kappa shape index (κ2) is 7.40. The van der Waals surface area contributed by atoms with Gasteiger partial charge in [0, 0.05) is 24.5 Å². The number of methoxy groups -OCH3 is 2. The van der Waals surface area contributed by atoms with Gasteiger partial charge in [-0.15, -0.1) is 0 Å². The van der Waals surface area contributed by atoms with Gasteiger partial charge in [-0.2, -0.15) is 5.10 Å². The minimum Gasteiger partial charge on any atom is -0.494 e. The molecule has 0 aliphatic rings. The molecule has 9 heteroatoms. The monoisotopic (exact) mass is 373 g/mol. The average Bonchev–Trinajstić information content (AvgIpc) is 3.07. The zero-order chi connectivity index (χ0) is 18.7. The Kier molecular flexibility index (Phi) is 5.04.